The van der Waals surface area contributed by atoms with E-state index in [0.29, 0.717) is 0 Å². The summed E-state index contributed by atoms with van der Waals surface area (Å²) >= 11 is 0. The smallest absolute Gasteiger partial charge is 0.126 e. The molecule has 0 saturated heterocycles. The summed E-state index contributed by atoms with van der Waals surface area (Å²) in [7, 11) is 0. The monoisotopic (exact) mass is 151 g/mol. The Balaban J connectivity index is 2.57. The molecular weight excluding hydrogens is 141 g/mol. The molecule has 11 heavy (non-hydrogen) atoms. The molecule has 0 heterocycles. The van der Waals surface area contributed by atoms with Crippen molar-refractivity contribution in [3.05, 3.63) is 35.1 Å². The predicted molar refractivity (Wildman–Crippen MR) is 41.6 cm³/mol. The molecule has 0 bridgehead atoms. The Labute approximate surface area is 65.0 Å². The quantitative estimate of drug-likeness (QED) is 0.600. The normalized spacial score (nSPS) is 21.8. The van der Waals surface area contributed by atoms with Crippen molar-refractivity contribution in [3.63, 3.8) is 0 Å². The zero-order valence-electron chi connectivity index (χ0n) is 6.18. The van der Waals surface area contributed by atoms with Crippen molar-refractivity contribution in [1.82, 2.24) is 0 Å². The van der Waals surface area contributed by atoms with Gasteiger partial charge < -0.3 is 5.73 Å². The zero-order valence-corrected chi connectivity index (χ0v) is 6.18. The molecule has 0 fully saturated rings. The van der Waals surface area contributed by atoms with Crippen LogP contribution in [0.4, 0.5) is 4.39 Å². The first-order valence-electron chi connectivity index (χ1n) is 3.82. The molecule has 1 nitrogen and oxygen atoms in total. The Morgan fingerprint density at radius 3 is 3.00 bits per heavy atom. The first-order valence-corrected chi connectivity index (χ1v) is 3.82. The molecule has 0 radical (unpaired) electrons. The van der Waals surface area contributed by atoms with Crippen molar-refractivity contribution in [2.45, 2.75) is 18.9 Å². The number of hydrogen-bond donors (Lipinski definition) is 1. The summed E-state index contributed by atoms with van der Waals surface area (Å²) in [6, 6.07) is 5.19. The minimum atomic E-state index is -0.101. The van der Waals surface area contributed by atoms with E-state index in [9.17, 15) is 4.39 Å². The fraction of sp³-hybridized carbons (Fsp3) is 0.333. The topological polar surface area (TPSA) is 26.0 Å². The van der Waals surface area contributed by atoms with E-state index >= 15 is 0 Å². The molecule has 2 N–H and O–H groups in total. The van der Waals surface area contributed by atoms with Crippen molar-refractivity contribution in [1.29, 1.82) is 0 Å². The molecule has 1 unspecified atom stereocenters. The van der Waals surface area contributed by atoms with Gasteiger partial charge in [0.2, 0.25) is 0 Å². The summed E-state index contributed by atoms with van der Waals surface area (Å²) in [5, 5.41) is 0. The lowest BCUT2D eigenvalue weighted by Crippen LogP contribution is -2.04. The average Bonchev–Trinajstić information content (AvgIpc) is 2.35. The van der Waals surface area contributed by atoms with Crippen molar-refractivity contribution in [2.75, 3.05) is 0 Å². The SMILES string of the molecule is NC1CCc2c(F)cccc21. The molecule has 0 spiro atoms. The first kappa shape index (κ1) is 6.80. The lowest BCUT2D eigenvalue weighted by Gasteiger charge is -2.03. The van der Waals surface area contributed by atoms with Crippen LogP contribution < -0.4 is 5.73 Å². The van der Waals surface area contributed by atoms with E-state index < -0.39 is 0 Å². The molecule has 58 valence electrons. The number of halogens is 1. The summed E-state index contributed by atoms with van der Waals surface area (Å²) in [5.74, 6) is -0.101. The minimum absolute atomic E-state index is 0.0562. The number of hydrogen-bond acceptors (Lipinski definition) is 1. The van der Waals surface area contributed by atoms with Gasteiger partial charge in [-0.2, -0.15) is 0 Å². The van der Waals surface area contributed by atoms with E-state index in [4.69, 9.17) is 5.73 Å². The molecule has 2 heteroatoms. The maximum Gasteiger partial charge on any atom is 0.126 e. The molecule has 0 aliphatic heterocycles. The van der Waals surface area contributed by atoms with Crippen LogP contribution in [-0.2, 0) is 6.42 Å². The van der Waals surface area contributed by atoms with Crippen LogP contribution in [0.2, 0.25) is 0 Å². The van der Waals surface area contributed by atoms with Crippen molar-refractivity contribution >= 4 is 0 Å². The number of rotatable bonds is 0. The molecule has 0 saturated carbocycles. The van der Waals surface area contributed by atoms with Crippen LogP contribution in [0.15, 0.2) is 18.2 Å². The molecule has 1 aliphatic carbocycles. The Morgan fingerprint density at radius 1 is 1.45 bits per heavy atom. The van der Waals surface area contributed by atoms with Gasteiger partial charge in [-0.25, -0.2) is 4.39 Å². The summed E-state index contributed by atoms with van der Waals surface area (Å²) in [5.41, 5.74) is 7.56. The van der Waals surface area contributed by atoms with Gasteiger partial charge >= 0.3 is 0 Å². The van der Waals surface area contributed by atoms with Gasteiger partial charge in [0, 0.05) is 6.04 Å². The fourth-order valence-corrected chi connectivity index (χ4v) is 1.64. The standard InChI is InChI=1S/C9H10FN/c10-8-3-1-2-7-6(8)4-5-9(7)11/h1-3,9H,4-5,11H2. The van der Waals surface area contributed by atoms with E-state index in [1.807, 2.05) is 6.07 Å². The summed E-state index contributed by atoms with van der Waals surface area (Å²) in [6.45, 7) is 0. The Hall–Kier alpha value is -0.890. The molecule has 1 aliphatic rings. The van der Waals surface area contributed by atoms with Gasteiger partial charge in [0.05, 0.1) is 0 Å². The Kier molecular flexibility index (Phi) is 1.43. The second kappa shape index (κ2) is 2.31. The highest BCUT2D eigenvalue weighted by Crippen LogP contribution is 2.30. The Bertz CT molecular complexity index is 283. The maximum absolute atomic E-state index is 13.0. The molecule has 1 aromatic carbocycles. The van der Waals surface area contributed by atoms with Crippen molar-refractivity contribution in [2.24, 2.45) is 5.73 Å². The van der Waals surface area contributed by atoms with Gasteiger partial charge in [-0.3, -0.25) is 0 Å². The Morgan fingerprint density at radius 2 is 2.27 bits per heavy atom. The van der Waals surface area contributed by atoms with Crippen LogP contribution in [-0.4, -0.2) is 0 Å². The van der Waals surface area contributed by atoms with Crippen molar-refractivity contribution < 1.29 is 4.39 Å². The largest absolute Gasteiger partial charge is 0.324 e. The summed E-state index contributed by atoms with van der Waals surface area (Å²) in [4.78, 5) is 0. The highest BCUT2D eigenvalue weighted by Gasteiger charge is 2.20. The predicted octanol–water partition coefficient (Wildman–Crippen LogP) is 1.77. The second-order valence-corrected chi connectivity index (χ2v) is 2.95. The average molecular weight is 151 g/mol. The van der Waals surface area contributed by atoms with E-state index in [1.165, 1.54) is 6.07 Å². The van der Waals surface area contributed by atoms with Gasteiger partial charge in [0.1, 0.15) is 5.82 Å². The third-order valence-corrected chi connectivity index (χ3v) is 2.26. The fourth-order valence-electron chi connectivity index (χ4n) is 1.64. The molecule has 0 amide bonds. The van der Waals surface area contributed by atoms with Crippen LogP contribution in [0.5, 0.6) is 0 Å². The third-order valence-electron chi connectivity index (χ3n) is 2.26. The van der Waals surface area contributed by atoms with Crippen molar-refractivity contribution in [3.8, 4) is 0 Å². The highest BCUT2D eigenvalue weighted by molar-refractivity contribution is 5.35. The zero-order chi connectivity index (χ0) is 7.84. The van der Waals surface area contributed by atoms with Crippen LogP contribution in [0.3, 0.4) is 0 Å². The van der Waals surface area contributed by atoms with Gasteiger partial charge in [-0.1, -0.05) is 12.1 Å². The van der Waals surface area contributed by atoms with Crippen LogP contribution in [0.1, 0.15) is 23.6 Å². The van der Waals surface area contributed by atoms with Gasteiger partial charge in [0.25, 0.3) is 0 Å². The molecule has 1 atom stereocenters. The third kappa shape index (κ3) is 0.942. The molecule has 2 rings (SSSR count). The van der Waals surface area contributed by atoms with Crippen LogP contribution in [0.25, 0.3) is 0 Å². The maximum atomic E-state index is 13.0. The summed E-state index contributed by atoms with van der Waals surface area (Å²) < 4.78 is 13.0. The van der Waals surface area contributed by atoms with Gasteiger partial charge in [-0.15, -0.1) is 0 Å². The summed E-state index contributed by atoms with van der Waals surface area (Å²) in [6.07, 6.45) is 1.68. The van der Waals surface area contributed by atoms with Gasteiger partial charge in [0.15, 0.2) is 0 Å². The lowest BCUT2D eigenvalue weighted by atomic mass is 10.1. The van der Waals surface area contributed by atoms with E-state index in [-0.39, 0.29) is 11.9 Å². The number of nitrogens with two attached hydrogens (primary N) is 1. The van der Waals surface area contributed by atoms with E-state index in [1.54, 1.807) is 6.07 Å². The van der Waals surface area contributed by atoms with Crippen LogP contribution >= 0.6 is 0 Å². The first-order chi connectivity index (χ1) is 5.29. The number of fused-ring (bicyclic) bond motifs is 1. The van der Waals surface area contributed by atoms with Gasteiger partial charge in [-0.05, 0) is 30.0 Å². The molecular formula is C9H10FN. The van der Waals surface area contributed by atoms with E-state index in [0.717, 1.165) is 24.0 Å². The second-order valence-electron chi connectivity index (χ2n) is 2.95. The molecule has 1 aromatic rings. The minimum Gasteiger partial charge on any atom is -0.324 e. The number of benzene rings is 1. The lowest BCUT2D eigenvalue weighted by molar-refractivity contribution is 0.612. The highest BCUT2D eigenvalue weighted by atomic mass is 19.1. The molecule has 0 aromatic heterocycles. The van der Waals surface area contributed by atoms with E-state index in [2.05, 4.69) is 0 Å². The van der Waals surface area contributed by atoms with Crippen LogP contribution in [0, 0.1) is 5.82 Å².